The van der Waals surface area contributed by atoms with Crippen molar-refractivity contribution in [2.45, 2.75) is 24.4 Å². The third-order valence-electron chi connectivity index (χ3n) is 3.76. The minimum Gasteiger partial charge on any atom is -0.375 e. The van der Waals surface area contributed by atoms with Crippen molar-refractivity contribution in [2.24, 2.45) is 0 Å². The summed E-state index contributed by atoms with van der Waals surface area (Å²) in [6, 6.07) is 0. The van der Waals surface area contributed by atoms with Gasteiger partial charge in [-0.05, 0) is 0 Å². The van der Waals surface area contributed by atoms with E-state index in [-0.39, 0.29) is 13.2 Å². The quantitative estimate of drug-likeness (QED) is 0.185. The molecular weight excluding hydrogens is 384 g/mol. The Hall–Kier alpha value is -1.80. The highest BCUT2D eigenvalue weighted by Crippen LogP contribution is 2.20. The van der Waals surface area contributed by atoms with Crippen LogP contribution in [0.3, 0.4) is 0 Å². The highest BCUT2D eigenvalue weighted by molar-refractivity contribution is 4.90. The topological polar surface area (TPSA) is 55.4 Å². The predicted octanol–water partition coefficient (Wildman–Crippen LogP) is 3.68. The first kappa shape index (κ1) is 28.2. The summed E-state index contributed by atoms with van der Waals surface area (Å²) in [4.78, 5) is 0. The summed E-state index contributed by atoms with van der Waals surface area (Å²) >= 11 is 0. The summed E-state index contributed by atoms with van der Waals surface area (Å²) in [6.07, 6.45) is 8.06. The van der Waals surface area contributed by atoms with Gasteiger partial charge in [-0.2, -0.15) is 0 Å². The lowest BCUT2D eigenvalue weighted by Gasteiger charge is -2.37. The highest BCUT2D eigenvalue weighted by atomic mass is 16.6. The zero-order valence-corrected chi connectivity index (χ0v) is 18.1. The average molecular weight is 423 g/mol. The van der Waals surface area contributed by atoms with Crippen LogP contribution in [0.5, 0.6) is 0 Å². The van der Waals surface area contributed by atoms with Crippen molar-refractivity contribution in [3.05, 3.63) is 75.9 Å². The van der Waals surface area contributed by atoms with E-state index in [4.69, 9.17) is 28.4 Å². The van der Waals surface area contributed by atoms with Gasteiger partial charge in [0.15, 0.2) is 0 Å². The number of rotatable bonds is 23. The van der Waals surface area contributed by atoms with Gasteiger partial charge in [-0.1, -0.05) is 36.5 Å². The van der Waals surface area contributed by atoms with Gasteiger partial charge in [0.25, 0.3) is 0 Å². The lowest BCUT2D eigenvalue weighted by Crippen LogP contribution is -2.52. The molecule has 4 atom stereocenters. The van der Waals surface area contributed by atoms with Crippen LogP contribution in [0.25, 0.3) is 0 Å². The molecule has 0 N–H and O–H groups in total. The Morgan fingerprint density at radius 3 is 1.03 bits per heavy atom. The first-order valence-electron chi connectivity index (χ1n) is 9.97. The zero-order chi connectivity index (χ0) is 22.5. The molecule has 170 valence electrons. The molecule has 0 saturated heterocycles. The Morgan fingerprint density at radius 1 is 0.433 bits per heavy atom. The lowest BCUT2D eigenvalue weighted by molar-refractivity contribution is -0.185. The van der Waals surface area contributed by atoms with Crippen molar-refractivity contribution < 1.29 is 28.4 Å². The maximum atomic E-state index is 6.08. The fourth-order valence-corrected chi connectivity index (χ4v) is 2.58. The number of hydrogen-bond donors (Lipinski definition) is 0. The van der Waals surface area contributed by atoms with Crippen LogP contribution in [-0.4, -0.2) is 77.3 Å². The van der Waals surface area contributed by atoms with Gasteiger partial charge in [-0.3, -0.25) is 0 Å². The van der Waals surface area contributed by atoms with E-state index in [0.29, 0.717) is 39.6 Å². The fraction of sp³-hybridized carbons (Fsp3) is 0.500. The maximum absolute atomic E-state index is 6.08. The Morgan fingerprint density at radius 2 is 0.733 bits per heavy atom. The fourth-order valence-electron chi connectivity index (χ4n) is 2.58. The molecule has 0 spiro atoms. The summed E-state index contributed by atoms with van der Waals surface area (Å²) in [5.74, 6) is 0. The van der Waals surface area contributed by atoms with Crippen molar-refractivity contribution in [3.8, 4) is 0 Å². The molecule has 30 heavy (non-hydrogen) atoms. The van der Waals surface area contributed by atoms with Gasteiger partial charge in [0.2, 0.25) is 0 Å². The van der Waals surface area contributed by atoms with Gasteiger partial charge in [-0.25, -0.2) is 0 Å². The van der Waals surface area contributed by atoms with E-state index >= 15 is 0 Å². The van der Waals surface area contributed by atoms with E-state index in [2.05, 4.69) is 39.5 Å². The molecule has 0 aromatic heterocycles. The predicted molar refractivity (Wildman–Crippen MR) is 122 cm³/mol. The van der Waals surface area contributed by atoms with Crippen LogP contribution in [0.15, 0.2) is 75.9 Å². The Balaban J connectivity index is 5.78. The normalized spacial score (nSPS) is 14.8. The maximum Gasteiger partial charge on any atom is 0.115 e. The summed E-state index contributed by atoms with van der Waals surface area (Å²) in [6.45, 7) is 24.9. The Bertz CT molecular complexity index is 446. The standard InChI is InChI=1S/C24H38O6/c1-7-13-25-19-21(27-15-9-3)23(29-17-11-5)24(30-18-12-6)22(28-16-10-4)20-26-14-8-2/h7-12,21-24H,1-6,13-20H2/t21-,22+,23-,24-/m1/s1. The molecule has 0 amide bonds. The smallest absolute Gasteiger partial charge is 0.115 e. The summed E-state index contributed by atoms with van der Waals surface area (Å²) in [7, 11) is 0. The highest BCUT2D eigenvalue weighted by Gasteiger charge is 2.38. The molecule has 0 heterocycles. The molecule has 0 bridgehead atoms. The number of hydrogen-bond acceptors (Lipinski definition) is 6. The van der Waals surface area contributed by atoms with E-state index in [0.717, 1.165) is 0 Å². The molecule has 6 heteroatoms. The van der Waals surface area contributed by atoms with Crippen molar-refractivity contribution >= 4 is 0 Å². The average Bonchev–Trinajstić information content (AvgIpc) is 2.76. The van der Waals surface area contributed by atoms with Crippen LogP contribution in [0.4, 0.5) is 0 Å². The first-order chi connectivity index (χ1) is 14.7. The van der Waals surface area contributed by atoms with Gasteiger partial charge in [-0.15, -0.1) is 39.5 Å². The second kappa shape index (κ2) is 20.5. The Kier molecular flexibility index (Phi) is 19.2. The van der Waals surface area contributed by atoms with Crippen molar-refractivity contribution in [1.29, 1.82) is 0 Å². The Labute approximate surface area is 182 Å². The first-order valence-corrected chi connectivity index (χ1v) is 9.97. The van der Waals surface area contributed by atoms with Crippen LogP contribution in [0.2, 0.25) is 0 Å². The molecule has 0 unspecified atom stereocenters. The molecule has 0 aromatic rings. The van der Waals surface area contributed by atoms with Gasteiger partial charge in [0.1, 0.15) is 24.4 Å². The van der Waals surface area contributed by atoms with E-state index in [1.54, 1.807) is 36.5 Å². The van der Waals surface area contributed by atoms with E-state index in [1.807, 2.05) is 0 Å². The minimum absolute atomic E-state index is 0.275. The van der Waals surface area contributed by atoms with Crippen LogP contribution in [-0.2, 0) is 28.4 Å². The van der Waals surface area contributed by atoms with Gasteiger partial charge >= 0.3 is 0 Å². The zero-order valence-electron chi connectivity index (χ0n) is 18.1. The lowest BCUT2D eigenvalue weighted by atomic mass is 10.0. The molecule has 6 nitrogen and oxygen atoms in total. The van der Waals surface area contributed by atoms with Crippen LogP contribution >= 0.6 is 0 Å². The summed E-state index contributed by atoms with van der Waals surface area (Å²) in [5.41, 5.74) is 0. The van der Waals surface area contributed by atoms with Crippen LogP contribution < -0.4 is 0 Å². The third kappa shape index (κ3) is 12.7. The molecule has 0 aliphatic heterocycles. The van der Waals surface area contributed by atoms with Gasteiger partial charge in [0.05, 0.1) is 52.9 Å². The van der Waals surface area contributed by atoms with E-state index in [1.165, 1.54) is 0 Å². The third-order valence-corrected chi connectivity index (χ3v) is 3.76. The van der Waals surface area contributed by atoms with E-state index in [9.17, 15) is 0 Å². The second-order valence-electron chi connectivity index (χ2n) is 6.15. The van der Waals surface area contributed by atoms with Gasteiger partial charge in [0, 0.05) is 0 Å². The molecule has 0 aliphatic carbocycles. The van der Waals surface area contributed by atoms with Crippen LogP contribution in [0.1, 0.15) is 0 Å². The number of ether oxygens (including phenoxy) is 6. The van der Waals surface area contributed by atoms with Crippen LogP contribution in [0, 0.1) is 0 Å². The minimum atomic E-state index is -0.533. The SMILES string of the molecule is C=CCOC[C@H](OCC=C)[C@@H](OCC=C)[C@H](OCC=C)[C@@H](COCC=C)OCC=C. The molecular formula is C24H38O6. The van der Waals surface area contributed by atoms with Crippen molar-refractivity contribution in [1.82, 2.24) is 0 Å². The molecule has 0 radical (unpaired) electrons. The van der Waals surface area contributed by atoms with Gasteiger partial charge < -0.3 is 28.4 Å². The summed E-state index contributed by atoms with van der Waals surface area (Å²) in [5, 5.41) is 0. The molecule has 0 aliphatic rings. The second-order valence-corrected chi connectivity index (χ2v) is 6.15. The molecule has 0 rings (SSSR count). The molecule has 0 aromatic carbocycles. The summed E-state index contributed by atoms with van der Waals surface area (Å²) < 4.78 is 35.4. The van der Waals surface area contributed by atoms with Crippen molar-refractivity contribution in [2.75, 3.05) is 52.9 Å². The monoisotopic (exact) mass is 422 g/mol. The molecule has 0 saturated carbocycles. The van der Waals surface area contributed by atoms with E-state index < -0.39 is 24.4 Å². The van der Waals surface area contributed by atoms with Crippen molar-refractivity contribution in [3.63, 3.8) is 0 Å². The molecule has 0 fully saturated rings. The largest absolute Gasteiger partial charge is 0.375 e.